The fourth-order valence-electron chi connectivity index (χ4n) is 3.27. The first-order valence-electron chi connectivity index (χ1n) is 7.44. The molecule has 4 nitrogen and oxygen atoms in total. The van der Waals surface area contributed by atoms with E-state index in [1.807, 2.05) is 0 Å². The molecule has 114 valence electrons. The zero-order valence-corrected chi connectivity index (χ0v) is 11.9. The molecule has 2 heterocycles. The lowest BCUT2D eigenvalue weighted by molar-refractivity contribution is -0.131. The van der Waals surface area contributed by atoms with Gasteiger partial charge in [-0.1, -0.05) is 18.2 Å². The van der Waals surface area contributed by atoms with Crippen LogP contribution in [0.5, 0.6) is 0 Å². The molecule has 0 bridgehead atoms. The molecule has 0 aliphatic carbocycles. The molecule has 1 N–H and O–H groups in total. The van der Waals surface area contributed by atoms with Crippen LogP contribution in [0.2, 0.25) is 0 Å². The van der Waals surface area contributed by atoms with Gasteiger partial charge in [0.15, 0.2) is 0 Å². The van der Waals surface area contributed by atoms with Crippen molar-refractivity contribution >= 4 is 5.91 Å². The lowest BCUT2D eigenvalue weighted by Crippen LogP contribution is -2.41. The number of halogens is 1. The average Bonchev–Trinajstić information content (AvgIpc) is 3.07. The first-order valence-corrected chi connectivity index (χ1v) is 7.44. The highest BCUT2D eigenvalue weighted by atomic mass is 19.1. The van der Waals surface area contributed by atoms with E-state index in [-0.39, 0.29) is 18.1 Å². The van der Waals surface area contributed by atoms with Crippen LogP contribution in [0.3, 0.4) is 0 Å². The molecule has 2 aliphatic rings. The number of rotatable bonds is 3. The van der Waals surface area contributed by atoms with Gasteiger partial charge < -0.3 is 14.7 Å². The van der Waals surface area contributed by atoms with Crippen molar-refractivity contribution in [3.05, 3.63) is 35.6 Å². The van der Waals surface area contributed by atoms with Crippen LogP contribution in [0.15, 0.2) is 24.3 Å². The minimum Gasteiger partial charge on any atom is -0.388 e. The number of likely N-dealkylation sites (tertiary alicyclic amines) is 1. The first-order chi connectivity index (χ1) is 10.1. The van der Waals surface area contributed by atoms with E-state index < -0.39 is 11.7 Å². The highest BCUT2D eigenvalue weighted by Crippen LogP contribution is 2.35. The molecule has 1 aromatic carbocycles. The predicted molar refractivity (Wildman–Crippen MR) is 75.2 cm³/mol. The maximum Gasteiger partial charge on any atom is 0.223 e. The molecular formula is C16H20FNO3. The van der Waals surface area contributed by atoms with Gasteiger partial charge in [-0.25, -0.2) is 4.39 Å². The summed E-state index contributed by atoms with van der Waals surface area (Å²) in [7, 11) is 0. The molecule has 2 saturated heterocycles. The molecule has 1 spiro atoms. The molecule has 0 unspecified atom stereocenters. The Hall–Kier alpha value is -1.46. The summed E-state index contributed by atoms with van der Waals surface area (Å²) in [4.78, 5) is 13.9. The number of benzene rings is 1. The average molecular weight is 293 g/mol. The van der Waals surface area contributed by atoms with Crippen LogP contribution >= 0.6 is 0 Å². The van der Waals surface area contributed by atoms with Crippen LogP contribution in [0, 0.1) is 5.82 Å². The van der Waals surface area contributed by atoms with Gasteiger partial charge in [0.05, 0.1) is 6.54 Å². The summed E-state index contributed by atoms with van der Waals surface area (Å²) in [6, 6.07) is 6.51. The van der Waals surface area contributed by atoms with Crippen molar-refractivity contribution in [2.45, 2.75) is 37.4 Å². The summed E-state index contributed by atoms with van der Waals surface area (Å²) in [5.74, 6) is -0.327. The van der Waals surface area contributed by atoms with E-state index in [1.165, 1.54) is 6.07 Å². The largest absolute Gasteiger partial charge is 0.388 e. The zero-order valence-electron chi connectivity index (χ0n) is 11.9. The number of amides is 1. The summed E-state index contributed by atoms with van der Waals surface area (Å²) in [6.45, 7) is 1.41. The number of hydrogen-bond acceptors (Lipinski definition) is 3. The number of carbonyl (C=O) groups is 1. The Labute approximate surface area is 123 Å². The van der Waals surface area contributed by atoms with Crippen LogP contribution in [-0.2, 0) is 16.0 Å². The SMILES string of the molecule is O=C(CCc1ccccc1F)N1C[C@H](O)[C@]2(CCCO2)C1. The standard InChI is InChI=1S/C16H20FNO3/c17-13-5-2-1-4-12(13)6-7-15(20)18-10-14(19)16(11-18)8-3-9-21-16/h1-2,4-5,14,19H,3,6-11H2/t14-,16-/m0/s1. The van der Waals surface area contributed by atoms with Gasteiger partial charge in [0, 0.05) is 19.6 Å². The normalized spacial score (nSPS) is 28.5. The predicted octanol–water partition coefficient (Wildman–Crippen LogP) is 1.51. The second-order valence-corrected chi connectivity index (χ2v) is 5.90. The Morgan fingerprint density at radius 3 is 3.00 bits per heavy atom. The van der Waals surface area contributed by atoms with Gasteiger partial charge in [-0.2, -0.15) is 0 Å². The lowest BCUT2D eigenvalue weighted by atomic mass is 9.97. The Kier molecular flexibility index (Phi) is 3.95. The van der Waals surface area contributed by atoms with Gasteiger partial charge in [-0.05, 0) is 30.9 Å². The highest BCUT2D eigenvalue weighted by molar-refractivity contribution is 5.77. The van der Waals surface area contributed by atoms with Gasteiger partial charge in [0.25, 0.3) is 0 Å². The summed E-state index contributed by atoms with van der Waals surface area (Å²) in [6.07, 6.45) is 1.74. The van der Waals surface area contributed by atoms with E-state index in [2.05, 4.69) is 0 Å². The number of hydrogen-bond donors (Lipinski definition) is 1. The number of carbonyl (C=O) groups excluding carboxylic acids is 1. The summed E-state index contributed by atoms with van der Waals surface area (Å²) in [5.41, 5.74) is -0.00868. The number of ether oxygens (including phenoxy) is 1. The maximum atomic E-state index is 13.5. The molecule has 0 aromatic heterocycles. The van der Waals surface area contributed by atoms with Gasteiger partial charge in [0.1, 0.15) is 17.5 Å². The molecule has 1 aromatic rings. The number of β-amino-alcohol motifs (C(OH)–C–C–N with tert-alkyl or cyclic N) is 1. The first kappa shape index (κ1) is 14.5. The quantitative estimate of drug-likeness (QED) is 0.919. The minimum atomic E-state index is -0.614. The maximum absolute atomic E-state index is 13.5. The zero-order chi connectivity index (χ0) is 14.9. The van der Waals surface area contributed by atoms with Crippen LogP contribution in [0.4, 0.5) is 4.39 Å². The molecule has 0 radical (unpaired) electrons. The van der Waals surface area contributed by atoms with E-state index in [0.29, 0.717) is 31.7 Å². The molecule has 2 fully saturated rings. The van der Waals surface area contributed by atoms with Crippen molar-refractivity contribution in [2.75, 3.05) is 19.7 Å². The fourth-order valence-corrected chi connectivity index (χ4v) is 3.27. The van der Waals surface area contributed by atoms with E-state index in [0.717, 1.165) is 12.8 Å². The van der Waals surface area contributed by atoms with Crippen LogP contribution in [0.25, 0.3) is 0 Å². The topological polar surface area (TPSA) is 49.8 Å². The van der Waals surface area contributed by atoms with E-state index >= 15 is 0 Å². The van der Waals surface area contributed by atoms with Crippen molar-refractivity contribution in [2.24, 2.45) is 0 Å². The van der Waals surface area contributed by atoms with Crippen molar-refractivity contribution < 1.29 is 19.0 Å². The smallest absolute Gasteiger partial charge is 0.223 e. The summed E-state index contributed by atoms with van der Waals surface area (Å²) in [5, 5.41) is 10.1. The molecule has 5 heteroatoms. The number of aryl methyl sites for hydroxylation is 1. The number of aliphatic hydroxyl groups excluding tert-OH is 1. The van der Waals surface area contributed by atoms with Crippen molar-refractivity contribution in [1.82, 2.24) is 4.90 Å². The molecule has 21 heavy (non-hydrogen) atoms. The molecular weight excluding hydrogens is 273 g/mol. The third-order valence-electron chi connectivity index (χ3n) is 4.51. The van der Waals surface area contributed by atoms with Crippen LogP contribution in [0.1, 0.15) is 24.8 Å². The van der Waals surface area contributed by atoms with Crippen LogP contribution < -0.4 is 0 Å². The van der Waals surface area contributed by atoms with Gasteiger partial charge in [0.2, 0.25) is 5.91 Å². The fraction of sp³-hybridized carbons (Fsp3) is 0.562. The van der Waals surface area contributed by atoms with E-state index in [1.54, 1.807) is 23.1 Å². The molecule has 1 amide bonds. The minimum absolute atomic E-state index is 0.0512. The van der Waals surface area contributed by atoms with Crippen LogP contribution in [-0.4, -0.2) is 47.3 Å². The van der Waals surface area contributed by atoms with Gasteiger partial charge >= 0.3 is 0 Å². The van der Waals surface area contributed by atoms with E-state index in [9.17, 15) is 14.3 Å². The second-order valence-electron chi connectivity index (χ2n) is 5.90. The Morgan fingerprint density at radius 1 is 1.48 bits per heavy atom. The van der Waals surface area contributed by atoms with Gasteiger partial charge in [-0.3, -0.25) is 4.79 Å². The summed E-state index contributed by atoms with van der Waals surface area (Å²) < 4.78 is 19.2. The molecule has 2 atom stereocenters. The third-order valence-corrected chi connectivity index (χ3v) is 4.51. The molecule has 2 aliphatic heterocycles. The van der Waals surface area contributed by atoms with Crippen molar-refractivity contribution in [1.29, 1.82) is 0 Å². The number of nitrogens with zero attached hydrogens (tertiary/aromatic N) is 1. The second kappa shape index (κ2) is 5.73. The lowest BCUT2D eigenvalue weighted by Gasteiger charge is -2.25. The number of aliphatic hydroxyl groups is 1. The third kappa shape index (κ3) is 2.80. The monoisotopic (exact) mass is 293 g/mol. The Balaban J connectivity index is 1.58. The molecule has 3 rings (SSSR count). The Bertz CT molecular complexity index is 528. The van der Waals surface area contributed by atoms with Crippen molar-refractivity contribution in [3.8, 4) is 0 Å². The van der Waals surface area contributed by atoms with E-state index in [4.69, 9.17) is 4.74 Å². The van der Waals surface area contributed by atoms with Crippen molar-refractivity contribution in [3.63, 3.8) is 0 Å². The highest BCUT2D eigenvalue weighted by Gasteiger charge is 2.50. The Morgan fingerprint density at radius 2 is 2.29 bits per heavy atom. The van der Waals surface area contributed by atoms with Gasteiger partial charge in [-0.15, -0.1) is 0 Å². The summed E-state index contributed by atoms with van der Waals surface area (Å²) >= 11 is 0. The molecule has 0 saturated carbocycles.